The second-order valence-corrected chi connectivity index (χ2v) is 9.08. The van der Waals surface area contributed by atoms with E-state index >= 15 is 4.39 Å². The molecule has 2 heterocycles. The number of likely N-dealkylation sites (tertiary alicyclic amines) is 1. The number of hydrogen-bond donors (Lipinski definition) is 1. The molecule has 2 aliphatic rings. The predicted molar refractivity (Wildman–Crippen MR) is 124 cm³/mol. The van der Waals surface area contributed by atoms with Crippen molar-refractivity contribution in [3.63, 3.8) is 0 Å². The second kappa shape index (κ2) is 7.68. The van der Waals surface area contributed by atoms with Gasteiger partial charge in [-0.05, 0) is 41.7 Å². The molecule has 5 nitrogen and oxygen atoms in total. The van der Waals surface area contributed by atoms with Crippen LogP contribution in [0.15, 0.2) is 59.0 Å². The normalized spacial score (nSPS) is 18.4. The number of halogens is 2. The van der Waals surface area contributed by atoms with Crippen molar-refractivity contribution in [1.29, 1.82) is 0 Å². The summed E-state index contributed by atoms with van der Waals surface area (Å²) in [6.45, 7) is 0.982. The van der Waals surface area contributed by atoms with Crippen LogP contribution in [0, 0.1) is 11.7 Å². The van der Waals surface area contributed by atoms with E-state index in [0.29, 0.717) is 41.2 Å². The first-order valence-corrected chi connectivity index (χ1v) is 11.3. The number of aliphatic carboxylic acids is 1. The largest absolute Gasteiger partial charge is 0.481 e. The summed E-state index contributed by atoms with van der Waals surface area (Å²) in [4.78, 5) is 17.9. The van der Waals surface area contributed by atoms with Gasteiger partial charge in [-0.3, -0.25) is 9.69 Å². The van der Waals surface area contributed by atoms with Gasteiger partial charge in [0.1, 0.15) is 5.52 Å². The van der Waals surface area contributed by atoms with Crippen LogP contribution >= 0.6 is 11.6 Å². The van der Waals surface area contributed by atoms with Crippen LogP contribution in [0.1, 0.15) is 23.6 Å². The second-order valence-electron chi connectivity index (χ2n) is 8.70. The van der Waals surface area contributed by atoms with Crippen LogP contribution in [0.2, 0.25) is 5.02 Å². The lowest BCUT2D eigenvalue weighted by Gasteiger charge is -2.41. The van der Waals surface area contributed by atoms with Crippen LogP contribution < -0.4 is 0 Å². The molecule has 0 bridgehead atoms. The topological polar surface area (TPSA) is 66.6 Å². The molecule has 1 aromatic heterocycles. The van der Waals surface area contributed by atoms with Gasteiger partial charge in [0.2, 0.25) is 5.89 Å². The highest BCUT2D eigenvalue weighted by molar-refractivity contribution is 6.36. The van der Waals surface area contributed by atoms with Gasteiger partial charge in [0.15, 0.2) is 11.4 Å². The molecule has 7 heteroatoms. The summed E-state index contributed by atoms with van der Waals surface area (Å²) in [6.07, 6.45) is 1.36. The van der Waals surface area contributed by atoms with E-state index in [9.17, 15) is 9.90 Å². The first-order valence-electron chi connectivity index (χ1n) is 10.9. The van der Waals surface area contributed by atoms with E-state index in [1.165, 1.54) is 0 Å². The van der Waals surface area contributed by atoms with Crippen LogP contribution in [0.5, 0.6) is 0 Å². The number of carboxylic acids is 1. The average molecular weight is 463 g/mol. The van der Waals surface area contributed by atoms with Gasteiger partial charge < -0.3 is 9.52 Å². The molecule has 0 unspecified atom stereocenters. The summed E-state index contributed by atoms with van der Waals surface area (Å²) >= 11 is 6.73. The zero-order valence-corrected chi connectivity index (χ0v) is 18.3. The fraction of sp³-hybridized carbons (Fsp3) is 0.231. The maximum absolute atomic E-state index is 15.4. The van der Waals surface area contributed by atoms with Gasteiger partial charge in [-0.15, -0.1) is 0 Å². The Morgan fingerprint density at radius 2 is 1.88 bits per heavy atom. The molecule has 0 radical (unpaired) electrons. The third kappa shape index (κ3) is 3.24. The van der Waals surface area contributed by atoms with Crippen LogP contribution in [-0.4, -0.2) is 34.0 Å². The average Bonchev–Trinajstić information content (AvgIpc) is 3.39. The SMILES string of the molecule is O=C(O)C1CN([C@H]2CCc3c2cc2nc(-c4cccc(-c5ccccc5)c4Cl)oc2c3F)C1. The number of nitrogens with zero attached hydrogens (tertiary/aromatic N) is 2. The fourth-order valence-electron chi connectivity index (χ4n) is 5.03. The highest BCUT2D eigenvalue weighted by atomic mass is 35.5. The van der Waals surface area contributed by atoms with Crippen LogP contribution in [-0.2, 0) is 11.2 Å². The van der Waals surface area contributed by atoms with Gasteiger partial charge in [0.25, 0.3) is 0 Å². The zero-order valence-electron chi connectivity index (χ0n) is 17.6. The van der Waals surface area contributed by atoms with Gasteiger partial charge in [0.05, 0.1) is 16.5 Å². The maximum Gasteiger partial charge on any atom is 0.309 e. The molecule has 0 amide bonds. The Labute approximate surface area is 194 Å². The third-order valence-electron chi connectivity index (χ3n) is 6.80. The van der Waals surface area contributed by atoms with Crippen LogP contribution in [0.25, 0.3) is 33.7 Å². The van der Waals surface area contributed by atoms with Crippen molar-refractivity contribution in [1.82, 2.24) is 9.88 Å². The van der Waals surface area contributed by atoms with Crippen molar-refractivity contribution in [2.24, 2.45) is 5.92 Å². The summed E-state index contributed by atoms with van der Waals surface area (Å²) in [5.41, 5.74) is 4.54. The van der Waals surface area contributed by atoms with Crippen molar-refractivity contribution in [3.8, 4) is 22.6 Å². The number of benzene rings is 3. The minimum Gasteiger partial charge on any atom is -0.481 e. The quantitative estimate of drug-likeness (QED) is 0.405. The third-order valence-corrected chi connectivity index (χ3v) is 7.21. The predicted octanol–water partition coefficient (Wildman–Crippen LogP) is 5.96. The Morgan fingerprint density at radius 3 is 2.64 bits per heavy atom. The van der Waals surface area contributed by atoms with E-state index in [2.05, 4.69) is 9.88 Å². The zero-order chi connectivity index (χ0) is 22.7. The number of carbonyl (C=O) groups is 1. The Hall–Kier alpha value is -3.22. The van der Waals surface area contributed by atoms with E-state index in [1.54, 1.807) is 0 Å². The minimum atomic E-state index is -0.776. The number of oxazole rings is 1. The van der Waals surface area contributed by atoms with Gasteiger partial charge in [-0.1, -0.05) is 54.1 Å². The van der Waals surface area contributed by atoms with Gasteiger partial charge >= 0.3 is 5.97 Å². The summed E-state index contributed by atoms with van der Waals surface area (Å²) in [5, 5.41) is 9.68. The number of hydrogen-bond acceptors (Lipinski definition) is 4. The highest BCUT2D eigenvalue weighted by Crippen LogP contribution is 2.44. The Morgan fingerprint density at radius 1 is 1.12 bits per heavy atom. The lowest BCUT2D eigenvalue weighted by molar-refractivity contribution is -0.148. The van der Waals surface area contributed by atoms with E-state index in [0.717, 1.165) is 23.1 Å². The van der Waals surface area contributed by atoms with Crippen molar-refractivity contribution in [3.05, 3.63) is 76.6 Å². The monoisotopic (exact) mass is 462 g/mol. The summed E-state index contributed by atoms with van der Waals surface area (Å²) < 4.78 is 21.3. The standard InChI is InChI=1S/C26H20ClFN2O3/c27-22-16(14-5-2-1-3-6-14)7-4-8-18(22)25-29-20-11-19-17(23(28)24(20)33-25)9-10-21(19)30-12-15(13-30)26(31)32/h1-8,11,15,21H,9-10,12-13H2,(H,31,32)/t21-/m0/s1. The number of fused-ring (bicyclic) bond motifs is 2. The number of aromatic nitrogens is 1. The lowest BCUT2D eigenvalue weighted by Crippen LogP contribution is -2.51. The van der Waals surface area contributed by atoms with Crippen molar-refractivity contribution < 1.29 is 18.7 Å². The molecule has 4 aromatic rings. The van der Waals surface area contributed by atoms with Gasteiger partial charge in [-0.2, -0.15) is 0 Å². The Balaban J connectivity index is 1.39. The molecule has 0 saturated carbocycles. The molecule has 1 fully saturated rings. The van der Waals surface area contributed by atoms with Gasteiger partial charge in [0, 0.05) is 24.7 Å². The molecule has 1 atom stereocenters. The van der Waals surface area contributed by atoms with Crippen molar-refractivity contribution >= 4 is 28.7 Å². The fourth-order valence-corrected chi connectivity index (χ4v) is 5.34. The molecular formula is C26H20ClFN2O3. The first-order chi connectivity index (χ1) is 16.0. The summed E-state index contributed by atoms with van der Waals surface area (Å²) in [6, 6.07) is 17.3. The molecule has 0 spiro atoms. The summed E-state index contributed by atoms with van der Waals surface area (Å²) in [5.74, 6) is -1.22. The van der Waals surface area contributed by atoms with E-state index < -0.39 is 5.97 Å². The number of rotatable bonds is 4. The Bertz CT molecular complexity index is 1400. The minimum absolute atomic E-state index is 0.0136. The number of carboxylic acid groups (broad SMARTS) is 1. The smallest absolute Gasteiger partial charge is 0.309 e. The first kappa shape index (κ1) is 20.4. The van der Waals surface area contributed by atoms with Crippen molar-refractivity contribution in [2.45, 2.75) is 18.9 Å². The molecule has 1 aliphatic heterocycles. The molecular weight excluding hydrogens is 443 g/mol. The molecule has 1 saturated heterocycles. The molecule has 33 heavy (non-hydrogen) atoms. The molecule has 3 aromatic carbocycles. The van der Waals surface area contributed by atoms with E-state index in [-0.39, 0.29) is 29.3 Å². The van der Waals surface area contributed by atoms with Crippen LogP contribution in [0.4, 0.5) is 4.39 Å². The van der Waals surface area contributed by atoms with E-state index in [1.807, 2.05) is 54.6 Å². The van der Waals surface area contributed by atoms with Crippen LogP contribution in [0.3, 0.4) is 0 Å². The molecule has 166 valence electrons. The van der Waals surface area contributed by atoms with Crippen molar-refractivity contribution in [2.75, 3.05) is 13.1 Å². The molecule has 1 aliphatic carbocycles. The summed E-state index contributed by atoms with van der Waals surface area (Å²) in [7, 11) is 0. The molecule has 1 N–H and O–H groups in total. The van der Waals surface area contributed by atoms with Gasteiger partial charge in [-0.25, -0.2) is 9.37 Å². The maximum atomic E-state index is 15.4. The van der Waals surface area contributed by atoms with E-state index in [4.69, 9.17) is 16.0 Å². The Kier molecular flexibility index (Phi) is 4.75. The highest BCUT2D eigenvalue weighted by Gasteiger charge is 2.41. The molecule has 6 rings (SSSR count). The lowest BCUT2D eigenvalue weighted by atomic mass is 9.95.